The molecule has 8 heteroatoms. The van der Waals surface area contributed by atoms with Crippen molar-refractivity contribution in [2.45, 2.75) is 25.0 Å². The highest BCUT2D eigenvalue weighted by molar-refractivity contribution is 5.94. The average Bonchev–Trinajstić information content (AvgIpc) is 2.75. The number of non-ortho nitro benzene ring substituents is 1. The molecule has 0 spiro atoms. The summed E-state index contributed by atoms with van der Waals surface area (Å²) in [7, 11) is 0. The molecule has 1 aliphatic heterocycles. The molecule has 7 nitrogen and oxygen atoms in total. The summed E-state index contributed by atoms with van der Waals surface area (Å²) < 4.78 is 18.5. The Morgan fingerprint density at radius 1 is 1.62 bits per heavy atom. The summed E-state index contributed by atoms with van der Waals surface area (Å²) in [6, 6.07) is 2.62. The predicted molar refractivity (Wildman–Crippen MR) is 70.4 cm³/mol. The van der Waals surface area contributed by atoms with E-state index in [1.807, 2.05) is 0 Å². The molecule has 2 unspecified atom stereocenters. The molecule has 0 radical (unpaired) electrons. The summed E-state index contributed by atoms with van der Waals surface area (Å²) in [4.78, 5) is 21.8. The van der Waals surface area contributed by atoms with Gasteiger partial charge in [0, 0.05) is 31.2 Å². The minimum atomic E-state index is -1.19. The van der Waals surface area contributed by atoms with Crippen LogP contribution in [0, 0.1) is 15.9 Å². The molecule has 0 bridgehead atoms. The van der Waals surface area contributed by atoms with E-state index < -0.39 is 34.0 Å². The average molecular weight is 298 g/mol. The Hall–Kier alpha value is -2.06. The van der Waals surface area contributed by atoms with Gasteiger partial charge in [0.2, 0.25) is 0 Å². The number of amides is 1. The van der Waals surface area contributed by atoms with Gasteiger partial charge >= 0.3 is 0 Å². The molecular formula is C13H15FN2O5. The maximum Gasteiger partial charge on any atom is 0.273 e. The highest BCUT2D eigenvalue weighted by atomic mass is 19.1. The number of carbonyl (C=O) groups is 1. The fourth-order valence-electron chi connectivity index (χ4n) is 2.15. The molecule has 114 valence electrons. The van der Waals surface area contributed by atoms with Crippen LogP contribution in [0.15, 0.2) is 18.2 Å². The highest BCUT2D eigenvalue weighted by Gasteiger charge is 2.39. The number of nitrogens with one attached hydrogen (secondary N) is 1. The first-order valence-corrected chi connectivity index (χ1v) is 6.39. The van der Waals surface area contributed by atoms with E-state index in [0.29, 0.717) is 13.0 Å². The lowest BCUT2D eigenvalue weighted by atomic mass is 9.96. The van der Waals surface area contributed by atoms with E-state index in [2.05, 4.69) is 5.32 Å². The van der Waals surface area contributed by atoms with Crippen molar-refractivity contribution in [2.24, 2.45) is 0 Å². The Morgan fingerprint density at radius 3 is 2.90 bits per heavy atom. The normalized spacial score (nSPS) is 24.8. The Balaban J connectivity index is 2.08. The lowest BCUT2D eigenvalue weighted by Gasteiger charge is -2.26. The molecule has 2 atom stereocenters. The lowest BCUT2D eigenvalue weighted by Crippen LogP contribution is -2.47. The zero-order valence-electron chi connectivity index (χ0n) is 11.3. The second kappa shape index (κ2) is 5.74. The summed E-state index contributed by atoms with van der Waals surface area (Å²) in [6.45, 7) is 2.00. The van der Waals surface area contributed by atoms with Gasteiger partial charge in [0.15, 0.2) is 0 Å². The number of ether oxygens (including phenoxy) is 1. The Kier molecular flexibility index (Phi) is 4.19. The highest BCUT2D eigenvalue weighted by Crippen LogP contribution is 2.25. The van der Waals surface area contributed by atoms with Gasteiger partial charge in [-0.1, -0.05) is 0 Å². The zero-order chi connectivity index (χ0) is 15.6. The molecule has 1 aromatic rings. The minimum absolute atomic E-state index is 0.0721. The molecule has 21 heavy (non-hydrogen) atoms. The van der Waals surface area contributed by atoms with Crippen LogP contribution in [0.5, 0.6) is 0 Å². The van der Waals surface area contributed by atoms with Crippen LogP contribution in [0.4, 0.5) is 10.1 Å². The molecule has 1 aromatic carbocycles. The number of carbonyl (C=O) groups excluding carboxylic acids is 1. The van der Waals surface area contributed by atoms with Crippen LogP contribution < -0.4 is 5.32 Å². The first kappa shape index (κ1) is 15.3. The van der Waals surface area contributed by atoms with Gasteiger partial charge in [-0.15, -0.1) is 0 Å². The molecule has 0 aliphatic carbocycles. The molecule has 1 saturated heterocycles. The summed E-state index contributed by atoms with van der Waals surface area (Å²) in [6.07, 6.45) is -0.0581. The van der Waals surface area contributed by atoms with Gasteiger partial charge in [0.1, 0.15) is 11.4 Å². The Morgan fingerprint density at radius 2 is 2.33 bits per heavy atom. The second-order valence-corrected chi connectivity index (χ2v) is 5.00. The van der Waals surface area contributed by atoms with E-state index in [1.165, 1.54) is 0 Å². The first-order valence-electron chi connectivity index (χ1n) is 6.39. The van der Waals surface area contributed by atoms with Crippen molar-refractivity contribution < 1.29 is 24.0 Å². The molecule has 2 rings (SSSR count). The van der Waals surface area contributed by atoms with E-state index in [4.69, 9.17) is 4.74 Å². The topological polar surface area (TPSA) is 102 Å². The van der Waals surface area contributed by atoms with Crippen LogP contribution in [0.25, 0.3) is 0 Å². The van der Waals surface area contributed by atoms with Gasteiger partial charge in [-0.2, -0.15) is 0 Å². The zero-order valence-corrected chi connectivity index (χ0v) is 11.3. The van der Waals surface area contributed by atoms with Crippen molar-refractivity contribution >= 4 is 11.6 Å². The molecule has 1 aliphatic rings. The van der Waals surface area contributed by atoms with Crippen LogP contribution in [0.1, 0.15) is 23.7 Å². The number of hydrogen-bond acceptors (Lipinski definition) is 5. The number of halogens is 1. The molecule has 2 N–H and O–H groups in total. The largest absolute Gasteiger partial charge is 0.385 e. The van der Waals surface area contributed by atoms with Gasteiger partial charge in [-0.3, -0.25) is 14.9 Å². The third kappa shape index (κ3) is 3.34. The van der Waals surface area contributed by atoms with Crippen LogP contribution in [0.2, 0.25) is 0 Å². The molecule has 1 amide bonds. The number of hydrogen-bond donors (Lipinski definition) is 2. The third-order valence-electron chi connectivity index (χ3n) is 3.57. The van der Waals surface area contributed by atoms with E-state index in [9.17, 15) is 24.4 Å². The van der Waals surface area contributed by atoms with Gasteiger partial charge in [0.25, 0.3) is 11.6 Å². The third-order valence-corrected chi connectivity index (χ3v) is 3.57. The summed E-state index contributed by atoms with van der Waals surface area (Å²) in [5.41, 5.74) is -1.86. The van der Waals surface area contributed by atoms with Gasteiger partial charge in [-0.05, 0) is 13.0 Å². The Labute approximate surface area is 119 Å². The number of benzene rings is 1. The fraction of sp³-hybridized carbons (Fsp3) is 0.462. The summed E-state index contributed by atoms with van der Waals surface area (Å²) in [5, 5.41) is 23.3. The molecule has 1 fully saturated rings. The number of nitrogens with zero attached hydrogens (tertiary/aromatic N) is 1. The Bertz CT molecular complexity index is 580. The summed E-state index contributed by atoms with van der Waals surface area (Å²) in [5.74, 6) is -1.56. The summed E-state index contributed by atoms with van der Waals surface area (Å²) >= 11 is 0. The smallest absolute Gasteiger partial charge is 0.273 e. The standard InChI is InChI=1S/C13H15FN2O5/c1-8-13(18,2-3-21-8)7-15-12(17)9-4-10(14)6-11(5-9)16(19)20/h4-6,8,18H,2-3,7H2,1H3,(H,15,17). The number of nitro benzene ring substituents is 1. The van der Waals surface area contributed by atoms with Gasteiger partial charge in [0.05, 0.1) is 17.1 Å². The van der Waals surface area contributed by atoms with Crippen molar-refractivity contribution in [2.75, 3.05) is 13.2 Å². The van der Waals surface area contributed by atoms with Crippen LogP contribution >= 0.6 is 0 Å². The van der Waals surface area contributed by atoms with Crippen LogP contribution in [-0.4, -0.2) is 40.8 Å². The quantitative estimate of drug-likeness (QED) is 0.638. The number of aliphatic hydroxyl groups is 1. The number of rotatable bonds is 4. The van der Waals surface area contributed by atoms with E-state index in [0.717, 1.165) is 18.2 Å². The van der Waals surface area contributed by atoms with Crippen LogP contribution in [-0.2, 0) is 4.74 Å². The van der Waals surface area contributed by atoms with E-state index in [1.54, 1.807) is 6.92 Å². The maximum absolute atomic E-state index is 13.3. The van der Waals surface area contributed by atoms with Crippen LogP contribution in [0.3, 0.4) is 0 Å². The van der Waals surface area contributed by atoms with Crippen molar-refractivity contribution in [3.05, 3.63) is 39.7 Å². The molecule has 0 saturated carbocycles. The van der Waals surface area contributed by atoms with Gasteiger partial charge in [-0.25, -0.2) is 4.39 Å². The molecule has 0 aromatic heterocycles. The van der Waals surface area contributed by atoms with E-state index >= 15 is 0 Å². The second-order valence-electron chi connectivity index (χ2n) is 5.00. The fourth-order valence-corrected chi connectivity index (χ4v) is 2.15. The van der Waals surface area contributed by atoms with Crippen molar-refractivity contribution in [1.29, 1.82) is 0 Å². The van der Waals surface area contributed by atoms with E-state index in [-0.39, 0.29) is 12.1 Å². The molecule has 1 heterocycles. The maximum atomic E-state index is 13.3. The van der Waals surface area contributed by atoms with Gasteiger partial charge < -0.3 is 15.2 Å². The van der Waals surface area contributed by atoms with Crippen molar-refractivity contribution in [3.8, 4) is 0 Å². The molecular weight excluding hydrogens is 283 g/mol. The van der Waals surface area contributed by atoms with Crippen molar-refractivity contribution in [3.63, 3.8) is 0 Å². The monoisotopic (exact) mass is 298 g/mol. The minimum Gasteiger partial charge on any atom is -0.385 e. The predicted octanol–water partition coefficient (Wildman–Crippen LogP) is 1.00. The van der Waals surface area contributed by atoms with Crippen molar-refractivity contribution in [1.82, 2.24) is 5.32 Å². The lowest BCUT2D eigenvalue weighted by molar-refractivity contribution is -0.385. The number of nitro groups is 1. The first-order chi connectivity index (χ1) is 9.82. The SMILES string of the molecule is CC1OCCC1(O)CNC(=O)c1cc(F)cc([N+](=O)[O-])c1.